The number of hydrogen-bond donors (Lipinski definition) is 1. The molecule has 0 saturated carbocycles. The number of thiol groups is 1. The number of allylic oxidation sites excluding steroid dienone is 2. The Labute approximate surface area is 103 Å². The van der Waals surface area contributed by atoms with Gasteiger partial charge in [-0.3, -0.25) is 0 Å². The molecular formula is C14H30S. The Morgan fingerprint density at radius 3 is 2.27 bits per heavy atom. The highest BCUT2D eigenvalue weighted by Crippen LogP contribution is 2.12. The predicted molar refractivity (Wildman–Crippen MR) is 76.9 cm³/mol. The Kier molecular flexibility index (Phi) is 16.4. The summed E-state index contributed by atoms with van der Waals surface area (Å²) in [6.45, 7) is 10.7. The van der Waals surface area contributed by atoms with Crippen LogP contribution in [0.5, 0.6) is 0 Å². The van der Waals surface area contributed by atoms with Gasteiger partial charge in [0, 0.05) is 5.25 Å². The lowest BCUT2D eigenvalue weighted by Crippen LogP contribution is -1.96. The summed E-state index contributed by atoms with van der Waals surface area (Å²) in [5.41, 5.74) is 0. The van der Waals surface area contributed by atoms with Crippen LogP contribution in [-0.4, -0.2) is 5.25 Å². The van der Waals surface area contributed by atoms with Gasteiger partial charge in [-0.05, 0) is 18.8 Å². The summed E-state index contributed by atoms with van der Waals surface area (Å²) in [7, 11) is 0. The molecular weight excluding hydrogens is 200 g/mol. The van der Waals surface area contributed by atoms with Crippen molar-refractivity contribution in [3.05, 3.63) is 12.2 Å². The van der Waals surface area contributed by atoms with Crippen LogP contribution in [0.2, 0.25) is 0 Å². The lowest BCUT2D eigenvalue weighted by atomic mass is 10.1. The first-order valence-electron chi connectivity index (χ1n) is 6.55. The van der Waals surface area contributed by atoms with Gasteiger partial charge >= 0.3 is 0 Å². The highest BCUT2D eigenvalue weighted by atomic mass is 32.1. The third-order valence-corrected chi connectivity index (χ3v) is 2.88. The van der Waals surface area contributed by atoms with Gasteiger partial charge in [0.15, 0.2) is 0 Å². The van der Waals surface area contributed by atoms with Crippen molar-refractivity contribution in [2.24, 2.45) is 5.92 Å². The van der Waals surface area contributed by atoms with E-state index in [9.17, 15) is 0 Å². The van der Waals surface area contributed by atoms with Gasteiger partial charge < -0.3 is 0 Å². The van der Waals surface area contributed by atoms with E-state index in [1.807, 2.05) is 13.8 Å². The second-order valence-corrected chi connectivity index (χ2v) is 4.58. The molecule has 0 aliphatic heterocycles. The molecule has 0 aromatic carbocycles. The minimum Gasteiger partial charge on any atom is -0.176 e. The third-order valence-electron chi connectivity index (χ3n) is 2.41. The SMILES string of the molecule is CC.CCCCC(S)C/C=C\C(C)CC. The standard InChI is InChI=1S/C12H24S.C2H6/c1-4-6-9-12(13)10-7-8-11(3)5-2;1-2/h7-8,11-13H,4-6,9-10H2,1-3H3;1-2H3/b8-7-;. The van der Waals surface area contributed by atoms with Crippen molar-refractivity contribution in [2.75, 3.05) is 0 Å². The Morgan fingerprint density at radius 2 is 1.80 bits per heavy atom. The molecule has 0 fully saturated rings. The van der Waals surface area contributed by atoms with Gasteiger partial charge in [0.1, 0.15) is 0 Å². The first-order chi connectivity index (χ1) is 7.20. The van der Waals surface area contributed by atoms with Crippen LogP contribution >= 0.6 is 12.6 Å². The molecule has 0 aromatic rings. The van der Waals surface area contributed by atoms with Crippen LogP contribution in [0, 0.1) is 5.92 Å². The minimum absolute atomic E-state index is 0.570. The lowest BCUT2D eigenvalue weighted by molar-refractivity contribution is 0.675. The minimum atomic E-state index is 0.570. The Hall–Kier alpha value is 0.0900. The highest BCUT2D eigenvalue weighted by Gasteiger charge is 1.99. The number of rotatable bonds is 7. The second kappa shape index (κ2) is 14.1. The van der Waals surface area contributed by atoms with Gasteiger partial charge in [-0.25, -0.2) is 0 Å². The maximum absolute atomic E-state index is 4.54. The molecule has 15 heavy (non-hydrogen) atoms. The van der Waals surface area contributed by atoms with Crippen molar-refractivity contribution in [1.29, 1.82) is 0 Å². The number of unbranched alkanes of at least 4 members (excludes halogenated alkanes) is 1. The van der Waals surface area contributed by atoms with E-state index in [1.165, 1.54) is 25.7 Å². The average molecular weight is 230 g/mol. The van der Waals surface area contributed by atoms with Crippen molar-refractivity contribution >= 4 is 12.6 Å². The highest BCUT2D eigenvalue weighted by molar-refractivity contribution is 7.80. The Morgan fingerprint density at radius 1 is 1.20 bits per heavy atom. The fraction of sp³-hybridized carbons (Fsp3) is 0.857. The van der Waals surface area contributed by atoms with Crippen LogP contribution in [0.15, 0.2) is 12.2 Å². The fourth-order valence-electron chi connectivity index (χ4n) is 1.16. The molecule has 0 radical (unpaired) electrons. The maximum atomic E-state index is 4.54. The fourth-order valence-corrected chi connectivity index (χ4v) is 1.47. The molecule has 1 heteroatoms. The normalized spacial score (nSPS) is 14.5. The predicted octanol–water partition coefficient (Wildman–Crippen LogP) is 5.49. The van der Waals surface area contributed by atoms with Crippen molar-refractivity contribution in [3.63, 3.8) is 0 Å². The van der Waals surface area contributed by atoms with Crippen molar-refractivity contribution in [1.82, 2.24) is 0 Å². The molecule has 0 spiro atoms. The summed E-state index contributed by atoms with van der Waals surface area (Å²) < 4.78 is 0. The van der Waals surface area contributed by atoms with Crippen LogP contribution in [-0.2, 0) is 0 Å². The Balaban J connectivity index is 0. The molecule has 2 atom stereocenters. The molecule has 0 saturated heterocycles. The summed E-state index contributed by atoms with van der Waals surface area (Å²) >= 11 is 4.54. The number of hydrogen-bond acceptors (Lipinski definition) is 1. The van der Waals surface area contributed by atoms with E-state index >= 15 is 0 Å². The summed E-state index contributed by atoms with van der Waals surface area (Å²) in [5, 5.41) is 0.570. The van der Waals surface area contributed by atoms with Gasteiger partial charge in [-0.1, -0.05) is 66.0 Å². The van der Waals surface area contributed by atoms with E-state index in [1.54, 1.807) is 0 Å². The maximum Gasteiger partial charge on any atom is 0.00513 e. The van der Waals surface area contributed by atoms with E-state index in [0.717, 1.165) is 12.3 Å². The molecule has 0 bridgehead atoms. The topological polar surface area (TPSA) is 0 Å². The molecule has 0 N–H and O–H groups in total. The van der Waals surface area contributed by atoms with Gasteiger partial charge in [0.2, 0.25) is 0 Å². The van der Waals surface area contributed by atoms with E-state index in [-0.39, 0.29) is 0 Å². The summed E-state index contributed by atoms with van der Waals surface area (Å²) in [4.78, 5) is 0. The first-order valence-corrected chi connectivity index (χ1v) is 7.07. The molecule has 0 heterocycles. The second-order valence-electron chi connectivity index (χ2n) is 3.85. The van der Waals surface area contributed by atoms with Crippen LogP contribution in [0.25, 0.3) is 0 Å². The smallest absolute Gasteiger partial charge is 0.00513 e. The zero-order chi connectivity index (χ0) is 12.1. The van der Waals surface area contributed by atoms with Crippen LogP contribution in [0.1, 0.15) is 66.7 Å². The first kappa shape index (κ1) is 17.5. The van der Waals surface area contributed by atoms with Crippen LogP contribution < -0.4 is 0 Å². The van der Waals surface area contributed by atoms with Crippen molar-refractivity contribution in [2.45, 2.75) is 72.0 Å². The van der Waals surface area contributed by atoms with Crippen molar-refractivity contribution in [3.8, 4) is 0 Å². The Bertz CT molecular complexity index is 129. The third kappa shape index (κ3) is 14.1. The average Bonchev–Trinajstić information content (AvgIpc) is 2.28. The van der Waals surface area contributed by atoms with Gasteiger partial charge in [0.05, 0.1) is 0 Å². The zero-order valence-electron chi connectivity index (χ0n) is 11.3. The van der Waals surface area contributed by atoms with Gasteiger partial charge in [-0.2, -0.15) is 12.6 Å². The largest absolute Gasteiger partial charge is 0.176 e. The van der Waals surface area contributed by atoms with Gasteiger partial charge in [-0.15, -0.1) is 0 Å². The summed E-state index contributed by atoms with van der Waals surface area (Å²) in [6, 6.07) is 0. The molecule has 0 aromatic heterocycles. The van der Waals surface area contributed by atoms with E-state index in [4.69, 9.17) is 0 Å². The molecule has 0 aliphatic carbocycles. The van der Waals surface area contributed by atoms with Crippen molar-refractivity contribution < 1.29 is 0 Å². The summed E-state index contributed by atoms with van der Waals surface area (Å²) in [6.07, 6.45) is 10.8. The molecule has 92 valence electrons. The van der Waals surface area contributed by atoms with Crippen LogP contribution in [0.4, 0.5) is 0 Å². The molecule has 2 unspecified atom stereocenters. The molecule has 0 nitrogen and oxygen atoms in total. The quantitative estimate of drug-likeness (QED) is 0.434. The summed E-state index contributed by atoms with van der Waals surface area (Å²) in [5.74, 6) is 0.728. The van der Waals surface area contributed by atoms with Crippen LogP contribution in [0.3, 0.4) is 0 Å². The molecule has 0 rings (SSSR count). The lowest BCUT2D eigenvalue weighted by Gasteiger charge is -2.06. The van der Waals surface area contributed by atoms with E-state index in [2.05, 4.69) is 45.6 Å². The van der Waals surface area contributed by atoms with E-state index < -0.39 is 0 Å². The zero-order valence-corrected chi connectivity index (χ0v) is 12.2. The molecule has 0 amide bonds. The van der Waals surface area contributed by atoms with E-state index in [0.29, 0.717) is 5.25 Å². The van der Waals surface area contributed by atoms with Gasteiger partial charge in [0.25, 0.3) is 0 Å². The molecule has 0 aliphatic rings. The monoisotopic (exact) mass is 230 g/mol.